The monoisotopic (exact) mass is 551 g/mol. The van der Waals surface area contributed by atoms with Crippen LogP contribution in [-0.4, -0.2) is 81.6 Å². The van der Waals surface area contributed by atoms with Gasteiger partial charge in [0, 0.05) is 51.2 Å². The number of carbonyl (C=O) groups is 2. The molecule has 2 saturated heterocycles. The lowest BCUT2D eigenvalue weighted by molar-refractivity contribution is -0.385. The first-order valence-corrected chi connectivity index (χ1v) is 13.5. The number of hydrogen-bond donors (Lipinski definition) is 1. The minimum absolute atomic E-state index is 0.0162. The number of aliphatic hydroxyl groups excluding tert-OH is 1. The molecule has 39 heavy (non-hydrogen) atoms. The van der Waals surface area contributed by atoms with Crippen molar-refractivity contribution < 1.29 is 33.8 Å². The number of aliphatic hydroxyl groups is 1. The number of non-ortho nitro benzene ring substituents is 1. The summed E-state index contributed by atoms with van der Waals surface area (Å²) >= 11 is 0. The van der Waals surface area contributed by atoms with Crippen molar-refractivity contribution >= 4 is 17.9 Å². The van der Waals surface area contributed by atoms with Gasteiger partial charge in [0.15, 0.2) is 0 Å². The van der Waals surface area contributed by atoms with Gasteiger partial charge in [-0.1, -0.05) is 0 Å². The first-order valence-electron chi connectivity index (χ1n) is 13.5. The minimum Gasteiger partial charge on any atom is -0.490 e. The van der Waals surface area contributed by atoms with Crippen LogP contribution < -0.4 is 4.74 Å². The number of piperidine rings is 2. The molecule has 11 nitrogen and oxygen atoms in total. The standard InChI is InChI=1S/C18H26N2O5.C10H19NO3/c1-12-10-14(20(22)23)11-13(2)16(12)24-15-6-8-19(9-7-15)17(21)25-18(3,4)5;1-10(2,3)14-9(13)11-6-4-8(12)5-7-11/h10-11,15H,6-9H2,1-5H3;8,12H,4-7H2,1-3H3. The van der Waals surface area contributed by atoms with Crippen molar-refractivity contribution in [1.29, 1.82) is 0 Å². The Hall–Kier alpha value is -3.08. The van der Waals surface area contributed by atoms with Crippen molar-refractivity contribution in [3.8, 4) is 5.75 Å². The quantitative estimate of drug-likeness (QED) is 0.392. The summed E-state index contributed by atoms with van der Waals surface area (Å²) in [6.07, 6.45) is 1.87. The summed E-state index contributed by atoms with van der Waals surface area (Å²) in [6.45, 7) is 17.1. The molecule has 2 heterocycles. The van der Waals surface area contributed by atoms with E-state index in [-0.39, 0.29) is 30.1 Å². The molecule has 220 valence electrons. The van der Waals surface area contributed by atoms with Crippen LogP contribution in [-0.2, 0) is 9.47 Å². The highest BCUT2D eigenvalue weighted by molar-refractivity contribution is 5.68. The summed E-state index contributed by atoms with van der Waals surface area (Å²) in [5.41, 5.74) is 0.634. The Morgan fingerprint density at radius 3 is 1.59 bits per heavy atom. The number of carbonyl (C=O) groups excluding carboxylic acids is 2. The number of aryl methyl sites for hydroxylation is 2. The zero-order valence-corrected chi connectivity index (χ0v) is 24.6. The predicted molar refractivity (Wildman–Crippen MR) is 147 cm³/mol. The Bertz CT molecular complexity index is 976. The molecule has 2 amide bonds. The number of ether oxygens (including phenoxy) is 3. The SMILES string of the molecule is CC(C)(C)OC(=O)N1CCC(O)CC1.Cc1cc([N+](=O)[O-])cc(C)c1OC1CCN(C(=O)OC(C)(C)C)CC1. The third-order valence-electron chi connectivity index (χ3n) is 6.15. The lowest BCUT2D eigenvalue weighted by Gasteiger charge is -2.34. The highest BCUT2D eigenvalue weighted by atomic mass is 16.6. The molecule has 3 rings (SSSR count). The van der Waals surface area contributed by atoms with Gasteiger partial charge in [-0.25, -0.2) is 9.59 Å². The fourth-order valence-corrected chi connectivity index (χ4v) is 4.24. The maximum absolute atomic E-state index is 12.1. The van der Waals surface area contributed by atoms with Crippen LogP contribution in [0, 0.1) is 24.0 Å². The molecule has 0 saturated carbocycles. The van der Waals surface area contributed by atoms with E-state index in [0.29, 0.717) is 57.6 Å². The smallest absolute Gasteiger partial charge is 0.410 e. The Balaban J connectivity index is 0.000000322. The van der Waals surface area contributed by atoms with Gasteiger partial charge in [-0.3, -0.25) is 10.1 Å². The van der Waals surface area contributed by atoms with Gasteiger partial charge in [-0.2, -0.15) is 0 Å². The molecule has 0 bridgehead atoms. The molecule has 0 aliphatic carbocycles. The van der Waals surface area contributed by atoms with E-state index in [9.17, 15) is 24.8 Å². The lowest BCUT2D eigenvalue weighted by atomic mass is 10.1. The van der Waals surface area contributed by atoms with Crippen LogP contribution in [0.3, 0.4) is 0 Å². The second kappa shape index (κ2) is 13.3. The van der Waals surface area contributed by atoms with Crippen molar-refractivity contribution in [2.24, 2.45) is 0 Å². The highest BCUT2D eigenvalue weighted by Gasteiger charge is 2.29. The van der Waals surface area contributed by atoms with Gasteiger partial charge in [0.2, 0.25) is 0 Å². The van der Waals surface area contributed by atoms with Crippen molar-refractivity contribution in [3.63, 3.8) is 0 Å². The minimum atomic E-state index is -0.503. The van der Waals surface area contributed by atoms with E-state index in [1.807, 2.05) is 55.4 Å². The summed E-state index contributed by atoms with van der Waals surface area (Å²) in [6, 6.07) is 3.05. The van der Waals surface area contributed by atoms with E-state index in [4.69, 9.17) is 14.2 Å². The molecule has 2 fully saturated rings. The van der Waals surface area contributed by atoms with Crippen molar-refractivity contribution in [1.82, 2.24) is 9.80 Å². The van der Waals surface area contributed by atoms with E-state index in [1.165, 1.54) is 12.1 Å². The Morgan fingerprint density at radius 1 is 0.846 bits per heavy atom. The molecule has 1 N–H and O–H groups in total. The Labute approximate surface area is 231 Å². The second-order valence-corrected chi connectivity index (χ2v) is 12.1. The van der Waals surface area contributed by atoms with Crippen molar-refractivity contribution in [2.45, 2.75) is 104 Å². The number of nitro groups is 1. The molecule has 2 aliphatic heterocycles. The van der Waals surface area contributed by atoms with Gasteiger partial charge in [0.1, 0.15) is 23.1 Å². The number of likely N-dealkylation sites (tertiary alicyclic amines) is 2. The summed E-state index contributed by atoms with van der Waals surface area (Å²) in [4.78, 5) is 37.5. The van der Waals surface area contributed by atoms with E-state index < -0.39 is 16.1 Å². The topological polar surface area (TPSA) is 132 Å². The van der Waals surface area contributed by atoms with E-state index in [0.717, 1.165) is 11.1 Å². The van der Waals surface area contributed by atoms with Crippen LogP contribution in [0.5, 0.6) is 5.75 Å². The van der Waals surface area contributed by atoms with Crippen LogP contribution in [0.25, 0.3) is 0 Å². The third-order valence-corrected chi connectivity index (χ3v) is 6.15. The average molecular weight is 552 g/mol. The first kappa shape index (κ1) is 32.1. The lowest BCUT2D eigenvalue weighted by Crippen LogP contribution is -2.44. The zero-order chi connectivity index (χ0) is 29.5. The number of nitro benzene ring substituents is 1. The Kier molecular flexibility index (Phi) is 11.0. The summed E-state index contributed by atoms with van der Waals surface area (Å²) in [7, 11) is 0. The van der Waals surface area contributed by atoms with E-state index in [1.54, 1.807) is 9.80 Å². The van der Waals surface area contributed by atoms with Crippen LogP contribution >= 0.6 is 0 Å². The number of amides is 2. The molecule has 1 aromatic carbocycles. The highest BCUT2D eigenvalue weighted by Crippen LogP contribution is 2.31. The Morgan fingerprint density at radius 2 is 1.23 bits per heavy atom. The molecule has 0 spiro atoms. The predicted octanol–water partition coefficient (Wildman–Crippen LogP) is 5.37. The largest absolute Gasteiger partial charge is 0.490 e. The number of benzene rings is 1. The molecule has 11 heteroatoms. The average Bonchev–Trinajstić information content (AvgIpc) is 2.80. The van der Waals surface area contributed by atoms with E-state index >= 15 is 0 Å². The summed E-state index contributed by atoms with van der Waals surface area (Å²) in [5, 5.41) is 20.2. The van der Waals surface area contributed by atoms with Gasteiger partial charge in [-0.15, -0.1) is 0 Å². The fraction of sp³-hybridized carbons (Fsp3) is 0.714. The molecule has 0 unspecified atom stereocenters. The van der Waals surface area contributed by atoms with Gasteiger partial charge in [0.05, 0.1) is 11.0 Å². The molecule has 0 aromatic heterocycles. The molecule has 2 aliphatic rings. The number of hydrogen-bond acceptors (Lipinski definition) is 8. The van der Waals surface area contributed by atoms with Gasteiger partial charge in [0.25, 0.3) is 5.69 Å². The summed E-state index contributed by atoms with van der Waals surface area (Å²) in [5.74, 6) is 0.696. The van der Waals surface area contributed by atoms with Crippen molar-refractivity contribution in [2.75, 3.05) is 26.2 Å². The molecular weight excluding hydrogens is 506 g/mol. The summed E-state index contributed by atoms with van der Waals surface area (Å²) < 4.78 is 16.7. The molecular formula is C28H45N3O8. The van der Waals surface area contributed by atoms with Gasteiger partial charge < -0.3 is 29.1 Å². The van der Waals surface area contributed by atoms with Crippen LogP contribution in [0.4, 0.5) is 15.3 Å². The molecule has 1 aromatic rings. The van der Waals surface area contributed by atoms with Crippen LogP contribution in [0.2, 0.25) is 0 Å². The number of nitrogens with zero attached hydrogens (tertiary/aromatic N) is 3. The molecule has 0 radical (unpaired) electrons. The maximum atomic E-state index is 12.1. The van der Waals surface area contributed by atoms with Crippen molar-refractivity contribution in [3.05, 3.63) is 33.4 Å². The number of rotatable bonds is 3. The van der Waals surface area contributed by atoms with E-state index in [2.05, 4.69) is 0 Å². The third kappa shape index (κ3) is 10.9. The maximum Gasteiger partial charge on any atom is 0.410 e. The van der Waals surface area contributed by atoms with Gasteiger partial charge >= 0.3 is 12.2 Å². The van der Waals surface area contributed by atoms with Crippen LogP contribution in [0.1, 0.15) is 78.4 Å². The first-order chi connectivity index (χ1) is 17.9. The normalized spacial score (nSPS) is 17.2. The molecule has 0 atom stereocenters. The fourth-order valence-electron chi connectivity index (χ4n) is 4.24. The van der Waals surface area contributed by atoms with Gasteiger partial charge in [-0.05, 0) is 79.4 Å². The van der Waals surface area contributed by atoms with Crippen LogP contribution in [0.15, 0.2) is 12.1 Å². The second-order valence-electron chi connectivity index (χ2n) is 12.1. The zero-order valence-electron chi connectivity index (χ0n) is 24.6.